The summed E-state index contributed by atoms with van der Waals surface area (Å²) >= 11 is 5.90. The molecule has 0 unspecified atom stereocenters. The Bertz CT molecular complexity index is 779. The van der Waals surface area contributed by atoms with Gasteiger partial charge in [0.1, 0.15) is 0 Å². The highest BCUT2D eigenvalue weighted by molar-refractivity contribution is 6.32. The molecule has 3 N–H and O–H groups in total. The molecular weight excluding hydrogens is 381 g/mol. The zero-order chi connectivity index (χ0) is 19.6. The van der Waals surface area contributed by atoms with E-state index in [2.05, 4.69) is 15.4 Å². The quantitative estimate of drug-likeness (QED) is 0.682. The Hall–Kier alpha value is -2.62. The number of phenolic OH excluding ortho intramolecular Hbond substituents is 1. The molecule has 0 aliphatic carbocycles. The SMILES string of the molecule is COc1cc([C@H]2NC(=O)NC(C)=C2C(=O)OCC(F)(F)F)cc(Cl)c1O. The van der Waals surface area contributed by atoms with Crippen molar-refractivity contribution < 1.29 is 37.3 Å². The van der Waals surface area contributed by atoms with Crippen LogP contribution < -0.4 is 15.4 Å². The number of halogens is 4. The molecule has 142 valence electrons. The Morgan fingerprint density at radius 1 is 1.38 bits per heavy atom. The molecule has 1 aliphatic heterocycles. The summed E-state index contributed by atoms with van der Waals surface area (Å²) in [5, 5.41) is 14.4. The van der Waals surface area contributed by atoms with E-state index >= 15 is 0 Å². The molecule has 1 aromatic carbocycles. The molecule has 7 nitrogen and oxygen atoms in total. The number of esters is 1. The minimum Gasteiger partial charge on any atom is -0.503 e. The number of alkyl halides is 3. The molecule has 1 aliphatic rings. The third-order valence-electron chi connectivity index (χ3n) is 3.46. The molecule has 1 heterocycles. The van der Waals surface area contributed by atoms with Gasteiger partial charge < -0.3 is 25.2 Å². The lowest BCUT2D eigenvalue weighted by Crippen LogP contribution is -2.45. The third-order valence-corrected chi connectivity index (χ3v) is 3.75. The van der Waals surface area contributed by atoms with Crippen molar-refractivity contribution in [1.29, 1.82) is 0 Å². The molecule has 1 atom stereocenters. The topological polar surface area (TPSA) is 96.9 Å². The molecule has 0 aromatic heterocycles. The molecule has 2 rings (SSSR count). The summed E-state index contributed by atoms with van der Waals surface area (Å²) in [4.78, 5) is 23.9. The Labute approximate surface area is 150 Å². The fraction of sp³-hybridized carbons (Fsp3) is 0.333. The van der Waals surface area contributed by atoms with Gasteiger partial charge in [-0.15, -0.1) is 0 Å². The van der Waals surface area contributed by atoms with E-state index in [4.69, 9.17) is 16.3 Å². The maximum atomic E-state index is 12.3. The van der Waals surface area contributed by atoms with Crippen LogP contribution in [0.2, 0.25) is 5.02 Å². The molecule has 0 radical (unpaired) electrons. The van der Waals surface area contributed by atoms with Crippen LogP contribution in [0, 0.1) is 0 Å². The van der Waals surface area contributed by atoms with Crippen molar-refractivity contribution in [2.75, 3.05) is 13.7 Å². The number of aromatic hydroxyl groups is 1. The van der Waals surface area contributed by atoms with Crippen molar-refractivity contribution >= 4 is 23.6 Å². The van der Waals surface area contributed by atoms with Gasteiger partial charge in [0.05, 0.1) is 23.7 Å². The molecule has 0 bridgehead atoms. The monoisotopic (exact) mass is 394 g/mol. The Morgan fingerprint density at radius 3 is 2.62 bits per heavy atom. The van der Waals surface area contributed by atoms with Crippen LogP contribution in [0.15, 0.2) is 23.4 Å². The fourth-order valence-corrected chi connectivity index (χ4v) is 2.57. The lowest BCUT2D eigenvalue weighted by Gasteiger charge is -2.28. The number of phenols is 1. The average Bonchev–Trinajstić information content (AvgIpc) is 2.53. The zero-order valence-electron chi connectivity index (χ0n) is 13.5. The van der Waals surface area contributed by atoms with Gasteiger partial charge >= 0.3 is 18.2 Å². The second-order valence-electron chi connectivity index (χ2n) is 5.32. The number of carbonyl (C=O) groups excluding carboxylic acids is 2. The lowest BCUT2D eigenvalue weighted by atomic mass is 9.95. The van der Waals surface area contributed by atoms with E-state index in [1.54, 1.807) is 0 Å². The van der Waals surface area contributed by atoms with E-state index in [0.29, 0.717) is 0 Å². The smallest absolute Gasteiger partial charge is 0.422 e. The third kappa shape index (κ3) is 4.31. The number of hydrogen-bond donors (Lipinski definition) is 3. The summed E-state index contributed by atoms with van der Waals surface area (Å²) in [5.41, 5.74) is -0.00967. The Kier molecular flexibility index (Phi) is 5.55. The second-order valence-corrected chi connectivity index (χ2v) is 5.72. The highest BCUT2D eigenvalue weighted by atomic mass is 35.5. The molecule has 2 amide bonds. The minimum absolute atomic E-state index is 0.0223. The average molecular weight is 395 g/mol. The number of nitrogens with one attached hydrogen (secondary N) is 2. The number of urea groups is 1. The molecule has 26 heavy (non-hydrogen) atoms. The number of amides is 2. The van der Waals surface area contributed by atoms with Gasteiger partial charge in [0.15, 0.2) is 18.1 Å². The molecule has 1 aromatic rings. The molecule has 0 saturated heterocycles. The van der Waals surface area contributed by atoms with Crippen molar-refractivity contribution in [1.82, 2.24) is 10.6 Å². The van der Waals surface area contributed by atoms with Gasteiger partial charge in [0.25, 0.3) is 0 Å². The Morgan fingerprint density at radius 2 is 2.04 bits per heavy atom. The van der Waals surface area contributed by atoms with Crippen molar-refractivity contribution in [3.8, 4) is 11.5 Å². The standard InChI is InChI=1S/C15H14ClF3N2O5/c1-6-10(13(23)26-5-15(17,18)19)11(21-14(24)20-6)7-3-8(16)12(22)9(4-7)25-2/h3-4,11,22H,5H2,1-2H3,(H2,20,21,24)/t11-/m1/s1. The number of benzene rings is 1. The van der Waals surface area contributed by atoms with Gasteiger partial charge in [-0.3, -0.25) is 0 Å². The highest BCUT2D eigenvalue weighted by Gasteiger charge is 2.36. The predicted molar refractivity (Wildman–Crippen MR) is 83.8 cm³/mol. The number of ether oxygens (including phenoxy) is 2. The largest absolute Gasteiger partial charge is 0.503 e. The highest BCUT2D eigenvalue weighted by Crippen LogP contribution is 2.39. The summed E-state index contributed by atoms with van der Waals surface area (Å²) in [6, 6.07) is 0.710. The zero-order valence-corrected chi connectivity index (χ0v) is 14.3. The van der Waals surface area contributed by atoms with E-state index in [1.165, 1.54) is 26.2 Å². The van der Waals surface area contributed by atoms with Gasteiger partial charge in [0, 0.05) is 5.70 Å². The van der Waals surface area contributed by atoms with Crippen LogP contribution in [0.5, 0.6) is 11.5 Å². The van der Waals surface area contributed by atoms with Gasteiger partial charge in [-0.25, -0.2) is 9.59 Å². The van der Waals surface area contributed by atoms with Crippen LogP contribution in [0.3, 0.4) is 0 Å². The number of hydrogen-bond acceptors (Lipinski definition) is 5. The first-order valence-electron chi connectivity index (χ1n) is 7.12. The van der Waals surface area contributed by atoms with Gasteiger partial charge in [-0.1, -0.05) is 11.6 Å². The lowest BCUT2D eigenvalue weighted by molar-refractivity contribution is -0.183. The number of methoxy groups -OCH3 is 1. The number of allylic oxidation sites excluding steroid dienone is 1. The van der Waals surface area contributed by atoms with Crippen LogP contribution in [-0.4, -0.2) is 37.0 Å². The second kappa shape index (κ2) is 7.32. The maximum Gasteiger partial charge on any atom is 0.422 e. The summed E-state index contributed by atoms with van der Waals surface area (Å²) in [5.74, 6) is -1.67. The van der Waals surface area contributed by atoms with Crippen LogP contribution in [0.4, 0.5) is 18.0 Å². The van der Waals surface area contributed by atoms with E-state index < -0.39 is 30.8 Å². The van der Waals surface area contributed by atoms with Crippen molar-refractivity contribution in [3.63, 3.8) is 0 Å². The van der Waals surface area contributed by atoms with Crippen LogP contribution in [0.1, 0.15) is 18.5 Å². The van der Waals surface area contributed by atoms with Crippen molar-refractivity contribution in [2.24, 2.45) is 0 Å². The minimum atomic E-state index is -4.70. The number of carbonyl (C=O) groups is 2. The number of rotatable bonds is 4. The molecule has 0 saturated carbocycles. The van der Waals surface area contributed by atoms with Gasteiger partial charge in [-0.05, 0) is 24.6 Å². The van der Waals surface area contributed by atoms with E-state index in [9.17, 15) is 27.9 Å². The predicted octanol–water partition coefficient (Wildman–Crippen LogP) is 2.79. The first-order chi connectivity index (χ1) is 12.0. The Balaban J connectivity index is 2.44. The van der Waals surface area contributed by atoms with E-state index in [-0.39, 0.29) is 33.4 Å². The fourth-order valence-electron chi connectivity index (χ4n) is 2.36. The summed E-state index contributed by atoms with van der Waals surface area (Å²) in [7, 11) is 1.26. The van der Waals surface area contributed by atoms with E-state index in [1.807, 2.05) is 0 Å². The normalized spacial score (nSPS) is 17.5. The van der Waals surface area contributed by atoms with Crippen molar-refractivity contribution in [2.45, 2.75) is 19.1 Å². The first kappa shape index (κ1) is 19.7. The molecule has 0 fully saturated rings. The molecule has 0 spiro atoms. The van der Waals surface area contributed by atoms with E-state index in [0.717, 1.165) is 0 Å². The summed E-state index contributed by atoms with van der Waals surface area (Å²) in [6.45, 7) is -0.432. The van der Waals surface area contributed by atoms with Gasteiger partial charge in [0.2, 0.25) is 0 Å². The first-order valence-corrected chi connectivity index (χ1v) is 7.50. The van der Waals surface area contributed by atoms with Crippen LogP contribution >= 0.6 is 11.6 Å². The summed E-state index contributed by atoms with van der Waals surface area (Å²) in [6.07, 6.45) is -4.70. The van der Waals surface area contributed by atoms with Gasteiger partial charge in [-0.2, -0.15) is 13.2 Å². The molecule has 11 heteroatoms. The summed E-state index contributed by atoms with van der Waals surface area (Å²) < 4.78 is 46.2. The van der Waals surface area contributed by atoms with Crippen LogP contribution in [-0.2, 0) is 9.53 Å². The maximum absolute atomic E-state index is 12.3. The van der Waals surface area contributed by atoms with Crippen molar-refractivity contribution in [3.05, 3.63) is 34.0 Å². The molecular formula is C15H14ClF3N2O5. The van der Waals surface area contributed by atoms with Crippen LogP contribution in [0.25, 0.3) is 0 Å².